The molecule has 3 aromatic rings. The van der Waals surface area contributed by atoms with Crippen LogP contribution in [0.15, 0.2) is 36.4 Å². The lowest BCUT2D eigenvalue weighted by Crippen LogP contribution is -2.36. The number of rotatable bonds is 3. The van der Waals surface area contributed by atoms with Crippen LogP contribution in [0.4, 0.5) is 0 Å². The zero-order valence-electron chi connectivity index (χ0n) is 16.1. The Labute approximate surface area is 159 Å². The van der Waals surface area contributed by atoms with Crippen LogP contribution < -0.4 is 0 Å². The van der Waals surface area contributed by atoms with Gasteiger partial charge < -0.3 is 4.90 Å². The summed E-state index contributed by atoms with van der Waals surface area (Å²) >= 11 is 0. The first-order chi connectivity index (χ1) is 13.0. The first kappa shape index (κ1) is 17.5. The molecular weight excluding hydrogens is 338 g/mol. The minimum Gasteiger partial charge on any atom is -0.340 e. The smallest absolute Gasteiger partial charge is 0.244 e. The zero-order chi connectivity index (χ0) is 19.0. The van der Waals surface area contributed by atoms with Gasteiger partial charge in [-0.2, -0.15) is 10.2 Å². The molecule has 1 aliphatic rings. The Morgan fingerprint density at radius 2 is 1.81 bits per heavy atom. The molecular formula is C21H25N5O. The average molecular weight is 363 g/mol. The summed E-state index contributed by atoms with van der Waals surface area (Å²) < 4.78 is 3.78. The van der Waals surface area contributed by atoms with Gasteiger partial charge in [0, 0.05) is 49.1 Å². The van der Waals surface area contributed by atoms with Crippen molar-refractivity contribution in [3.8, 4) is 11.3 Å². The number of hydrogen-bond donors (Lipinski definition) is 0. The predicted molar refractivity (Wildman–Crippen MR) is 104 cm³/mol. The van der Waals surface area contributed by atoms with Gasteiger partial charge in [0.05, 0.1) is 11.4 Å². The van der Waals surface area contributed by atoms with E-state index in [1.807, 2.05) is 54.7 Å². The summed E-state index contributed by atoms with van der Waals surface area (Å²) in [7, 11) is 2.00. The number of hydrogen-bond acceptors (Lipinski definition) is 3. The maximum Gasteiger partial charge on any atom is 0.244 e. The van der Waals surface area contributed by atoms with E-state index in [0.717, 1.165) is 48.6 Å². The van der Waals surface area contributed by atoms with Gasteiger partial charge in [-0.25, -0.2) is 0 Å². The number of benzene rings is 1. The van der Waals surface area contributed by atoms with Crippen LogP contribution in [0.25, 0.3) is 11.3 Å². The van der Waals surface area contributed by atoms with E-state index in [1.54, 1.807) is 4.68 Å². The molecule has 0 spiro atoms. The van der Waals surface area contributed by atoms with Crippen LogP contribution in [0.5, 0.6) is 0 Å². The maximum absolute atomic E-state index is 12.8. The highest BCUT2D eigenvalue weighted by molar-refractivity contribution is 5.76. The van der Waals surface area contributed by atoms with E-state index in [2.05, 4.69) is 17.2 Å². The van der Waals surface area contributed by atoms with Crippen LogP contribution in [-0.2, 0) is 31.2 Å². The van der Waals surface area contributed by atoms with Crippen LogP contribution in [0, 0.1) is 13.8 Å². The van der Waals surface area contributed by atoms with E-state index in [-0.39, 0.29) is 5.91 Å². The second-order valence-electron chi connectivity index (χ2n) is 7.23. The van der Waals surface area contributed by atoms with Gasteiger partial charge >= 0.3 is 0 Å². The molecule has 1 aromatic carbocycles. The molecule has 2 aromatic heterocycles. The lowest BCUT2D eigenvalue weighted by atomic mass is 10.0. The fourth-order valence-corrected chi connectivity index (χ4v) is 3.92. The molecule has 0 bridgehead atoms. The Bertz CT molecular complexity index is 970. The average Bonchev–Trinajstić information content (AvgIpc) is 3.04. The molecule has 0 aliphatic carbocycles. The van der Waals surface area contributed by atoms with Crippen molar-refractivity contribution < 1.29 is 4.79 Å². The van der Waals surface area contributed by atoms with E-state index < -0.39 is 0 Å². The molecule has 0 radical (unpaired) electrons. The standard InChI is InChI=1S/C21H25N5O/c1-15-13-16(2)26(22-15)14-20(27)25-11-9-18-19(10-12-25)24(3)23-21(18)17-7-5-4-6-8-17/h4-8,13H,9-12,14H2,1-3H3. The second kappa shape index (κ2) is 7.02. The van der Waals surface area contributed by atoms with E-state index in [4.69, 9.17) is 5.10 Å². The van der Waals surface area contributed by atoms with Gasteiger partial charge in [-0.3, -0.25) is 14.2 Å². The van der Waals surface area contributed by atoms with Crippen molar-refractivity contribution in [3.63, 3.8) is 0 Å². The molecule has 140 valence electrons. The van der Waals surface area contributed by atoms with Crippen molar-refractivity contribution in [2.24, 2.45) is 7.05 Å². The third kappa shape index (κ3) is 3.39. The van der Waals surface area contributed by atoms with Crippen molar-refractivity contribution in [2.45, 2.75) is 33.2 Å². The maximum atomic E-state index is 12.8. The third-order valence-corrected chi connectivity index (χ3v) is 5.31. The molecule has 6 nitrogen and oxygen atoms in total. The van der Waals surface area contributed by atoms with Crippen molar-refractivity contribution in [1.82, 2.24) is 24.5 Å². The number of carbonyl (C=O) groups is 1. The summed E-state index contributed by atoms with van der Waals surface area (Å²) in [5, 5.41) is 9.18. The van der Waals surface area contributed by atoms with Crippen LogP contribution in [0.2, 0.25) is 0 Å². The number of carbonyl (C=O) groups excluding carboxylic acids is 1. The van der Waals surface area contributed by atoms with E-state index in [9.17, 15) is 4.79 Å². The van der Waals surface area contributed by atoms with Gasteiger partial charge in [0.1, 0.15) is 6.54 Å². The summed E-state index contributed by atoms with van der Waals surface area (Å²) in [6, 6.07) is 12.3. The molecule has 6 heteroatoms. The molecule has 4 rings (SSSR count). The van der Waals surface area contributed by atoms with Gasteiger partial charge in [0.25, 0.3) is 0 Å². The number of aromatic nitrogens is 4. The molecule has 0 atom stereocenters. The van der Waals surface area contributed by atoms with Gasteiger partial charge in [-0.1, -0.05) is 30.3 Å². The van der Waals surface area contributed by atoms with Gasteiger partial charge in [0.2, 0.25) is 5.91 Å². The highest BCUT2D eigenvalue weighted by Gasteiger charge is 2.24. The largest absolute Gasteiger partial charge is 0.340 e. The Hall–Kier alpha value is -2.89. The molecule has 0 unspecified atom stereocenters. The molecule has 27 heavy (non-hydrogen) atoms. The predicted octanol–water partition coefficient (Wildman–Crippen LogP) is 2.53. The van der Waals surface area contributed by atoms with Crippen LogP contribution >= 0.6 is 0 Å². The quantitative estimate of drug-likeness (QED) is 0.719. The fraction of sp³-hybridized carbons (Fsp3) is 0.381. The minimum absolute atomic E-state index is 0.128. The Morgan fingerprint density at radius 1 is 1.07 bits per heavy atom. The van der Waals surface area contributed by atoms with E-state index in [1.165, 1.54) is 11.3 Å². The molecule has 0 saturated carbocycles. The van der Waals surface area contributed by atoms with E-state index >= 15 is 0 Å². The van der Waals surface area contributed by atoms with Gasteiger partial charge in [0.15, 0.2) is 0 Å². The molecule has 0 saturated heterocycles. The Balaban J connectivity index is 1.53. The first-order valence-electron chi connectivity index (χ1n) is 9.42. The monoisotopic (exact) mass is 363 g/mol. The normalized spacial score (nSPS) is 14.1. The van der Waals surface area contributed by atoms with Gasteiger partial charge in [-0.15, -0.1) is 0 Å². The number of amides is 1. The van der Waals surface area contributed by atoms with Crippen LogP contribution in [0.3, 0.4) is 0 Å². The first-order valence-corrected chi connectivity index (χ1v) is 9.42. The highest BCUT2D eigenvalue weighted by Crippen LogP contribution is 2.28. The Morgan fingerprint density at radius 3 is 2.52 bits per heavy atom. The number of aryl methyl sites for hydroxylation is 3. The van der Waals surface area contributed by atoms with Crippen molar-refractivity contribution >= 4 is 5.91 Å². The lowest BCUT2D eigenvalue weighted by Gasteiger charge is -2.20. The van der Waals surface area contributed by atoms with Crippen molar-refractivity contribution in [1.29, 1.82) is 0 Å². The molecule has 3 heterocycles. The summed E-state index contributed by atoms with van der Waals surface area (Å²) in [4.78, 5) is 14.8. The van der Waals surface area contributed by atoms with Crippen LogP contribution in [0.1, 0.15) is 22.6 Å². The number of fused-ring (bicyclic) bond motifs is 1. The lowest BCUT2D eigenvalue weighted by molar-refractivity contribution is -0.132. The molecule has 0 fully saturated rings. The second-order valence-corrected chi connectivity index (χ2v) is 7.23. The van der Waals surface area contributed by atoms with E-state index in [0.29, 0.717) is 6.54 Å². The summed E-state index contributed by atoms with van der Waals surface area (Å²) in [5.41, 5.74) is 6.65. The topological polar surface area (TPSA) is 56.0 Å². The zero-order valence-corrected chi connectivity index (χ0v) is 16.1. The molecule has 1 aliphatic heterocycles. The molecule has 1 amide bonds. The summed E-state index contributed by atoms with van der Waals surface area (Å²) in [6.45, 7) is 5.69. The Kier molecular flexibility index (Phi) is 4.56. The van der Waals surface area contributed by atoms with Crippen molar-refractivity contribution in [3.05, 3.63) is 59.0 Å². The number of nitrogens with zero attached hydrogens (tertiary/aromatic N) is 5. The fourth-order valence-electron chi connectivity index (χ4n) is 3.92. The summed E-state index contributed by atoms with van der Waals surface area (Å²) in [5.74, 6) is 0.128. The third-order valence-electron chi connectivity index (χ3n) is 5.31. The minimum atomic E-state index is 0.128. The SMILES string of the molecule is Cc1cc(C)n(CC(=O)N2CCc3c(-c4ccccc4)nn(C)c3CC2)n1. The highest BCUT2D eigenvalue weighted by atomic mass is 16.2. The van der Waals surface area contributed by atoms with Crippen molar-refractivity contribution in [2.75, 3.05) is 13.1 Å². The van der Waals surface area contributed by atoms with Gasteiger partial charge in [-0.05, 0) is 26.3 Å². The van der Waals surface area contributed by atoms with Crippen LogP contribution in [-0.4, -0.2) is 43.5 Å². The summed E-state index contributed by atoms with van der Waals surface area (Å²) in [6.07, 6.45) is 1.66. The molecule has 0 N–H and O–H groups in total.